The van der Waals surface area contributed by atoms with E-state index in [-0.39, 0.29) is 0 Å². The Bertz CT molecular complexity index is 2360. The molecule has 0 unspecified atom stereocenters. The summed E-state index contributed by atoms with van der Waals surface area (Å²) in [5.74, 6) is 0.422. The van der Waals surface area contributed by atoms with Crippen molar-refractivity contribution < 1.29 is 13.2 Å². The van der Waals surface area contributed by atoms with Crippen LogP contribution in [-0.2, 0) is 0 Å². The van der Waals surface area contributed by atoms with Gasteiger partial charge in [-0.05, 0) is 46.5 Å². The van der Waals surface area contributed by atoms with E-state index >= 15 is 0 Å². The van der Waals surface area contributed by atoms with E-state index < -0.39 is 0 Å². The molecule has 0 bridgehead atoms. The highest BCUT2D eigenvalue weighted by Gasteiger charge is 2.21. The largest absolute Gasteiger partial charge is 0.456 e. The molecule has 40 heavy (non-hydrogen) atoms. The zero-order valence-corrected chi connectivity index (χ0v) is 22.5. The lowest BCUT2D eigenvalue weighted by Crippen LogP contribution is -2.27. The fourth-order valence-corrected chi connectivity index (χ4v) is 6.18. The van der Waals surface area contributed by atoms with Gasteiger partial charge in [-0.15, -0.1) is 0 Å². The third kappa shape index (κ3) is 3.37. The molecule has 0 radical (unpaired) electrons. The Labute approximate surface area is 231 Å². The Balaban J connectivity index is 1.73. The van der Waals surface area contributed by atoms with Crippen molar-refractivity contribution in [3.63, 3.8) is 0 Å². The molecule has 0 spiro atoms. The zero-order valence-electron chi connectivity index (χ0n) is 22.5. The smallest absolute Gasteiger partial charge is 0.228 e. The molecule has 4 aromatic heterocycles. The molecule has 8 aromatic rings. The average Bonchev–Trinajstić information content (AvgIpc) is 3.14. The lowest BCUT2D eigenvalue weighted by atomic mass is 10.0. The summed E-state index contributed by atoms with van der Waals surface area (Å²) >= 11 is 0. The predicted molar refractivity (Wildman–Crippen MR) is 164 cm³/mol. The van der Waals surface area contributed by atoms with Gasteiger partial charge in [-0.1, -0.05) is 68.4 Å². The highest BCUT2D eigenvalue weighted by molar-refractivity contribution is 6.16. The molecule has 4 heterocycles. The van der Waals surface area contributed by atoms with Gasteiger partial charge >= 0.3 is 0 Å². The second-order valence-corrected chi connectivity index (χ2v) is 10.9. The predicted octanol–water partition coefficient (Wildman–Crippen LogP) is 8.77. The van der Waals surface area contributed by atoms with Crippen LogP contribution >= 0.6 is 0 Å². The Morgan fingerprint density at radius 3 is 1.85 bits per heavy atom. The number of pyridine rings is 2. The van der Waals surface area contributed by atoms with Gasteiger partial charge in [0.15, 0.2) is 12.4 Å². The maximum atomic E-state index is 6.74. The lowest BCUT2D eigenvalue weighted by Gasteiger charge is -2.06. The Hall–Kier alpha value is -5.02. The van der Waals surface area contributed by atoms with E-state index in [1.165, 1.54) is 27.2 Å². The summed E-state index contributed by atoms with van der Waals surface area (Å²) in [4.78, 5) is 0. The molecule has 0 atom stereocenters. The summed E-state index contributed by atoms with van der Waals surface area (Å²) < 4.78 is 11.4. The summed E-state index contributed by atoms with van der Waals surface area (Å²) in [7, 11) is 0. The van der Waals surface area contributed by atoms with Crippen LogP contribution in [0.5, 0.6) is 0 Å². The molecule has 0 aliphatic carbocycles. The normalized spacial score (nSPS) is 12.0. The molecule has 4 aromatic carbocycles. The van der Waals surface area contributed by atoms with E-state index in [9.17, 15) is 0 Å². The SMILES string of the molecule is CC(C)c1cc[n+]2c(c1)c1ccccc1[n+]1ccccc1c1cc3c(cc12)oc1ccccc1c1ccccc31. The quantitative estimate of drug-likeness (QED) is 0.200. The van der Waals surface area contributed by atoms with Crippen molar-refractivity contribution in [3.8, 4) is 0 Å². The van der Waals surface area contributed by atoms with Gasteiger partial charge in [0, 0.05) is 41.1 Å². The molecule has 0 saturated heterocycles. The molecule has 0 aliphatic heterocycles. The van der Waals surface area contributed by atoms with E-state index in [1.807, 2.05) is 6.07 Å². The second kappa shape index (κ2) is 8.75. The minimum absolute atomic E-state index is 0.422. The molecule has 3 heteroatoms. The van der Waals surface area contributed by atoms with Crippen molar-refractivity contribution in [1.82, 2.24) is 0 Å². The number of para-hydroxylation sites is 2. The number of hydrogen-bond acceptors (Lipinski definition) is 1. The van der Waals surface area contributed by atoms with Crippen LogP contribution in [0.2, 0.25) is 0 Å². The number of hydrogen-bond donors (Lipinski definition) is 0. The summed E-state index contributed by atoms with van der Waals surface area (Å²) in [6, 6.07) is 41.3. The molecule has 3 nitrogen and oxygen atoms in total. The summed E-state index contributed by atoms with van der Waals surface area (Å²) in [6.07, 6.45) is 4.40. The van der Waals surface area contributed by atoms with Crippen molar-refractivity contribution >= 4 is 65.6 Å². The monoisotopic (exact) mass is 516 g/mol. The first-order chi connectivity index (χ1) is 19.7. The van der Waals surface area contributed by atoms with Crippen LogP contribution in [-0.4, -0.2) is 0 Å². The highest BCUT2D eigenvalue weighted by atomic mass is 16.3. The Morgan fingerprint density at radius 2 is 1.05 bits per heavy atom. The Kier molecular flexibility index (Phi) is 5.02. The summed E-state index contributed by atoms with van der Waals surface area (Å²) in [5.41, 5.74) is 7.61. The van der Waals surface area contributed by atoms with Crippen molar-refractivity contribution in [1.29, 1.82) is 0 Å². The van der Waals surface area contributed by atoms with Crippen LogP contribution < -0.4 is 8.80 Å². The first kappa shape index (κ1) is 22.9. The number of aromatic nitrogens is 2. The third-order valence-electron chi connectivity index (χ3n) is 8.19. The van der Waals surface area contributed by atoms with E-state index in [1.54, 1.807) is 0 Å². The maximum Gasteiger partial charge on any atom is 0.228 e. The first-order valence-corrected chi connectivity index (χ1v) is 13.9. The minimum Gasteiger partial charge on any atom is -0.456 e. The fraction of sp³-hybridized carbons (Fsp3) is 0.0811. The number of rotatable bonds is 1. The molecule has 0 N–H and O–H groups in total. The lowest BCUT2D eigenvalue weighted by molar-refractivity contribution is -0.488. The number of nitrogens with zero attached hydrogens (tertiary/aromatic N) is 2. The molecule has 0 amide bonds. The Morgan fingerprint density at radius 1 is 0.450 bits per heavy atom. The zero-order chi connectivity index (χ0) is 26.8. The van der Waals surface area contributed by atoms with Crippen molar-refractivity contribution in [2.24, 2.45) is 0 Å². The van der Waals surface area contributed by atoms with E-state index in [4.69, 9.17) is 4.42 Å². The molecular weight excluding hydrogens is 488 g/mol. The van der Waals surface area contributed by atoms with Gasteiger partial charge < -0.3 is 4.42 Å². The van der Waals surface area contributed by atoms with Gasteiger partial charge in [0.2, 0.25) is 22.1 Å². The van der Waals surface area contributed by atoms with Crippen LogP contribution in [0.25, 0.3) is 65.6 Å². The fourth-order valence-electron chi connectivity index (χ4n) is 6.18. The molecule has 0 fully saturated rings. The van der Waals surface area contributed by atoms with Crippen LogP contribution in [0.4, 0.5) is 0 Å². The summed E-state index contributed by atoms with van der Waals surface area (Å²) in [5, 5.41) is 6.91. The van der Waals surface area contributed by atoms with Crippen LogP contribution in [0.1, 0.15) is 25.3 Å². The second-order valence-electron chi connectivity index (χ2n) is 10.9. The van der Waals surface area contributed by atoms with E-state index in [0.717, 1.165) is 43.9 Å². The number of benzene rings is 4. The molecule has 8 rings (SSSR count). The van der Waals surface area contributed by atoms with Gasteiger partial charge in [-0.2, -0.15) is 8.80 Å². The van der Waals surface area contributed by atoms with Gasteiger partial charge in [0.25, 0.3) is 0 Å². The standard InChI is InChI=1S/C37H28N2O/c1-24(2)25-18-20-39-34(21-25)29-14-5-7-15-32(29)38-19-10-9-16-33(38)31-22-30-27-12-4-3-11-26(27)28-13-6-8-17-36(28)40-37(30)23-35(31)39/h3-24H,1-2H3/q+2. The molecule has 190 valence electrons. The van der Waals surface area contributed by atoms with E-state index in [0.29, 0.717) is 5.92 Å². The summed E-state index contributed by atoms with van der Waals surface area (Å²) in [6.45, 7) is 4.50. The van der Waals surface area contributed by atoms with Crippen LogP contribution in [0.3, 0.4) is 0 Å². The van der Waals surface area contributed by atoms with Gasteiger partial charge in [0.1, 0.15) is 21.9 Å². The third-order valence-corrected chi connectivity index (χ3v) is 8.19. The van der Waals surface area contributed by atoms with Crippen LogP contribution in [0, 0.1) is 0 Å². The molecule has 0 saturated carbocycles. The van der Waals surface area contributed by atoms with Gasteiger partial charge in [0.05, 0.1) is 6.07 Å². The van der Waals surface area contributed by atoms with Gasteiger partial charge in [-0.3, -0.25) is 0 Å². The molecular formula is C37H28N2O+2. The van der Waals surface area contributed by atoms with Crippen molar-refractivity contribution in [2.45, 2.75) is 19.8 Å². The highest BCUT2D eigenvalue weighted by Crippen LogP contribution is 2.33. The van der Waals surface area contributed by atoms with Crippen LogP contribution in [0.15, 0.2) is 132 Å². The minimum atomic E-state index is 0.422. The van der Waals surface area contributed by atoms with Crippen molar-refractivity contribution in [3.05, 3.63) is 133 Å². The maximum absolute atomic E-state index is 6.74. The topological polar surface area (TPSA) is 21.3 Å². The number of fused-ring (bicyclic) bond motifs is 13. The van der Waals surface area contributed by atoms with E-state index in [2.05, 4.69) is 144 Å². The average molecular weight is 517 g/mol. The van der Waals surface area contributed by atoms with Gasteiger partial charge in [-0.25, -0.2) is 0 Å². The molecule has 0 aliphatic rings. The van der Waals surface area contributed by atoms with Crippen molar-refractivity contribution in [2.75, 3.05) is 0 Å². The first-order valence-electron chi connectivity index (χ1n) is 13.9.